The van der Waals surface area contributed by atoms with E-state index in [1.165, 1.54) is 0 Å². The van der Waals surface area contributed by atoms with Gasteiger partial charge in [0.2, 0.25) is 5.91 Å². The van der Waals surface area contributed by atoms with Gasteiger partial charge in [0.25, 0.3) is 0 Å². The molecule has 0 radical (unpaired) electrons. The third kappa shape index (κ3) is 5.07. The van der Waals surface area contributed by atoms with Gasteiger partial charge in [-0.3, -0.25) is 4.79 Å². The number of amides is 1. The minimum absolute atomic E-state index is 0.198. The lowest BCUT2D eigenvalue weighted by Crippen LogP contribution is -2.31. The highest BCUT2D eigenvalue weighted by molar-refractivity contribution is 9.10. The number of carbonyl (C=O) groups excluding carboxylic acids is 1. The zero-order chi connectivity index (χ0) is 14.3. The maximum Gasteiger partial charge on any atom is 0.232 e. The number of benzene rings is 1. The second-order valence-corrected chi connectivity index (χ2v) is 5.92. The minimum Gasteiger partial charge on any atom is -0.496 e. The van der Waals surface area contributed by atoms with Crippen molar-refractivity contribution in [3.63, 3.8) is 0 Å². The molecule has 19 heavy (non-hydrogen) atoms. The lowest BCUT2D eigenvalue weighted by atomic mass is 10.2. The lowest BCUT2D eigenvalue weighted by Gasteiger charge is -2.18. The third-order valence-electron chi connectivity index (χ3n) is 2.84. The summed E-state index contributed by atoms with van der Waals surface area (Å²) in [5.74, 6) is 2.35. The van der Waals surface area contributed by atoms with E-state index in [1.54, 1.807) is 18.9 Å². The average Bonchev–Trinajstić information content (AvgIpc) is 2.40. The Bertz CT molecular complexity index is 422. The summed E-state index contributed by atoms with van der Waals surface area (Å²) in [7, 11) is 1.67. The zero-order valence-corrected chi connectivity index (χ0v) is 14.0. The number of ether oxygens (including phenoxy) is 1. The zero-order valence-electron chi connectivity index (χ0n) is 11.6. The Kier molecular flexibility index (Phi) is 7.31. The normalized spacial score (nSPS) is 10.3. The molecule has 1 amide bonds. The van der Waals surface area contributed by atoms with Crippen molar-refractivity contribution in [1.29, 1.82) is 0 Å². The van der Waals surface area contributed by atoms with Crippen molar-refractivity contribution in [2.24, 2.45) is 0 Å². The molecule has 0 heterocycles. The van der Waals surface area contributed by atoms with E-state index in [2.05, 4.69) is 15.9 Å². The summed E-state index contributed by atoms with van der Waals surface area (Å²) < 4.78 is 6.34. The van der Waals surface area contributed by atoms with Crippen molar-refractivity contribution in [3.05, 3.63) is 28.2 Å². The molecule has 0 spiro atoms. The Balaban J connectivity index is 2.53. The predicted molar refractivity (Wildman–Crippen MR) is 84.8 cm³/mol. The van der Waals surface area contributed by atoms with E-state index in [1.807, 2.05) is 36.9 Å². The maximum atomic E-state index is 11.9. The number of halogens is 1. The van der Waals surface area contributed by atoms with Crippen LogP contribution in [0.4, 0.5) is 0 Å². The van der Waals surface area contributed by atoms with Gasteiger partial charge in [-0.1, -0.05) is 15.9 Å². The van der Waals surface area contributed by atoms with Gasteiger partial charge in [-0.05, 0) is 32.0 Å². The van der Waals surface area contributed by atoms with E-state index in [-0.39, 0.29) is 5.91 Å². The SMILES string of the molecule is CCN(CC)C(=O)CSCc1cc(Br)ccc1OC. The van der Waals surface area contributed by atoms with Gasteiger partial charge in [0.15, 0.2) is 0 Å². The number of nitrogens with zero attached hydrogens (tertiary/aromatic N) is 1. The summed E-state index contributed by atoms with van der Waals surface area (Å²) in [6.07, 6.45) is 0. The number of thioether (sulfide) groups is 1. The molecule has 3 nitrogen and oxygen atoms in total. The summed E-state index contributed by atoms with van der Waals surface area (Å²) in [4.78, 5) is 13.7. The molecule has 1 aromatic carbocycles. The van der Waals surface area contributed by atoms with Crippen LogP contribution in [0, 0.1) is 0 Å². The van der Waals surface area contributed by atoms with Crippen LogP contribution < -0.4 is 4.74 Å². The first kappa shape index (κ1) is 16.4. The van der Waals surface area contributed by atoms with Crippen LogP contribution >= 0.6 is 27.7 Å². The van der Waals surface area contributed by atoms with Gasteiger partial charge in [-0.2, -0.15) is 0 Å². The smallest absolute Gasteiger partial charge is 0.232 e. The standard InChI is InChI=1S/C14H20BrNO2S/c1-4-16(5-2)14(17)10-19-9-11-8-12(15)6-7-13(11)18-3/h6-8H,4-5,9-10H2,1-3H3. The van der Waals surface area contributed by atoms with Crippen LogP contribution in [0.15, 0.2) is 22.7 Å². The van der Waals surface area contributed by atoms with Crippen LogP contribution in [0.2, 0.25) is 0 Å². The van der Waals surface area contributed by atoms with Crippen molar-refractivity contribution in [3.8, 4) is 5.75 Å². The second kappa shape index (κ2) is 8.48. The molecule has 0 N–H and O–H groups in total. The van der Waals surface area contributed by atoms with E-state index in [0.717, 1.165) is 34.6 Å². The molecule has 0 fully saturated rings. The average molecular weight is 346 g/mol. The molecule has 5 heteroatoms. The molecule has 1 aromatic rings. The molecule has 0 aliphatic rings. The Morgan fingerprint density at radius 2 is 2.05 bits per heavy atom. The quantitative estimate of drug-likeness (QED) is 0.756. The molecule has 0 saturated heterocycles. The third-order valence-corrected chi connectivity index (χ3v) is 4.30. The Morgan fingerprint density at radius 1 is 1.37 bits per heavy atom. The molecule has 106 valence electrons. The Hall–Kier alpha value is -0.680. The van der Waals surface area contributed by atoms with E-state index in [9.17, 15) is 4.79 Å². The second-order valence-electron chi connectivity index (χ2n) is 4.01. The first-order valence-electron chi connectivity index (χ1n) is 6.30. The minimum atomic E-state index is 0.198. The highest BCUT2D eigenvalue weighted by Crippen LogP contribution is 2.26. The Morgan fingerprint density at radius 3 is 2.63 bits per heavy atom. The summed E-state index contributed by atoms with van der Waals surface area (Å²) in [6.45, 7) is 5.55. The highest BCUT2D eigenvalue weighted by Gasteiger charge is 2.10. The van der Waals surface area contributed by atoms with Gasteiger partial charge in [0, 0.05) is 28.9 Å². The number of carbonyl (C=O) groups is 1. The summed E-state index contributed by atoms with van der Waals surface area (Å²) in [5.41, 5.74) is 1.11. The van der Waals surface area contributed by atoms with Crippen molar-refractivity contribution in [2.75, 3.05) is 26.0 Å². The predicted octanol–water partition coefficient (Wildman–Crippen LogP) is 3.56. The molecular formula is C14H20BrNO2S. The van der Waals surface area contributed by atoms with Crippen molar-refractivity contribution < 1.29 is 9.53 Å². The van der Waals surface area contributed by atoms with Crippen LogP contribution in [-0.2, 0) is 10.5 Å². The van der Waals surface area contributed by atoms with E-state index >= 15 is 0 Å². The molecule has 0 aromatic heterocycles. The molecule has 0 bridgehead atoms. The fraction of sp³-hybridized carbons (Fsp3) is 0.500. The van der Waals surface area contributed by atoms with Gasteiger partial charge >= 0.3 is 0 Å². The van der Waals surface area contributed by atoms with E-state index in [0.29, 0.717) is 5.75 Å². The topological polar surface area (TPSA) is 29.5 Å². The molecular weight excluding hydrogens is 326 g/mol. The lowest BCUT2D eigenvalue weighted by molar-refractivity contribution is -0.127. The first-order valence-corrected chi connectivity index (χ1v) is 8.25. The van der Waals surface area contributed by atoms with Gasteiger partial charge < -0.3 is 9.64 Å². The molecule has 0 aliphatic heterocycles. The number of hydrogen-bond donors (Lipinski definition) is 0. The summed E-state index contributed by atoms with van der Waals surface area (Å²) in [5, 5.41) is 0. The van der Waals surface area contributed by atoms with Crippen LogP contribution in [0.5, 0.6) is 5.75 Å². The monoisotopic (exact) mass is 345 g/mol. The molecule has 0 atom stereocenters. The van der Waals surface area contributed by atoms with E-state index in [4.69, 9.17) is 4.74 Å². The molecule has 0 aliphatic carbocycles. The highest BCUT2D eigenvalue weighted by atomic mass is 79.9. The van der Waals surface area contributed by atoms with Crippen LogP contribution in [-0.4, -0.2) is 36.8 Å². The van der Waals surface area contributed by atoms with Gasteiger partial charge in [-0.15, -0.1) is 11.8 Å². The number of rotatable bonds is 7. The molecule has 0 saturated carbocycles. The first-order chi connectivity index (χ1) is 9.12. The van der Waals surface area contributed by atoms with Crippen molar-refractivity contribution >= 4 is 33.6 Å². The van der Waals surface area contributed by atoms with E-state index < -0.39 is 0 Å². The fourth-order valence-electron chi connectivity index (χ4n) is 1.78. The van der Waals surface area contributed by atoms with Crippen molar-refractivity contribution in [2.45, 2.75) is 19.6 Å². The van der Waals surface area contributed by atoms with Crippen LogP contribution in [0.1, 0.15) is 19.4 Å². The maximum absolute atomic E-state index is 11.9. The van der Waals surface area contributed by atoms with Gasteiger partial charge in [-0.25, -0.2) is 0 Å². The largest absolute Gasteiger partial charge is 0.496 e. The van der Waals surface area contributed by atoms with Gasteiger partial charge in [0.1, 0.15) is 5.75 Å². The van der Waals surface area contributed by atoms with Crippen LogP contribution in [0.3, 0.4) is 0 Å². The summed E-state index contributed by atoms with van der Waals surface area (Å²) in [6, 6.07) is 5.92. The van der Waals surface area contributed by atoms with Crippen LogP contribution in [0.25, 0.3) is 0 Å². The number of methoxy groups -OCH3 is 1. The number of hydrogen-bond acceptors (Lipinski definition) is 3. The van der Waals surface area contributed by atoms with Crippen molar-refractivity contribution in [1.82, 2.24) is 4.90 Å². The molecule has 1 rings (SSSR count). The summed E-state index contributed by atoms with van der Waals surface area (Å²) >= 11 is 5.07. The molecule has 0 unspecified atom stereocenters. The Labute approximate surface area is 127 Å². The van der Waals surface area contributed by atoms with Gasteiger partial charge in [0.05, 0.1) is 12.9 Å². The fourth-order valence-corrected chi connectivity index (χ4v) is 3.09.